The molecule has 4 aliphatic rings. The van der Waals surface area contributed by atoms with Crippen LogP contribution in [0.3, 0.4) is 0 Å². The lowest BCUT2D eigenvalue weighted by molar-refractivity contribution is -0.145. The number of ether oxygens (including phenoxy) is 1. The molecule has 2 fully saturated rings. The van der Waals surface area contributed by atoms with Gasteiger partial charge in [0.25, 0.3) is 0 Å². The monoisotopic (exact) mass is 460 g/mol. The van der Waals surface area contributed by atoms with E-state index in [1.54, 1.807) is 0 Å². The molecule has 0 aromatic heterocycles. The van der Waals surface area contributed by atoms with Gasteiger partial charge in [-0.05, 0) is 55.4 Å². The summed E-state index contributed by atoms with van der Waals surface area (Å²) in [7, 11) is 0. The predicted molar refractivity (Wildman–Crippen MR) is 126 cm³/mol. The van der Waals surface area contributed by atoms with Crippen LogP contribution in [0.5, 0.6) is 0 Å². The lowest BCUT2D eigenvalue weighted by Crippen LogP contribution is -2.49. The van der Waals surface area contributed by atoms with E-state index in [0.717, 1.165) is 57.7 Å². The summed E-state index contributed by atoms with van der Waals surface area (Å²) in [5.41, 5.74) is 4.10. The largest absolute Gasteiger partial charge is 0.461 e. The summed E-state index contributed by atoms with van der Waals surface area (Å²) < 4.78 is 5.92. The normalized spacial score (nSPS) is 33.4. The van der Waals surface area contributed by atoms with Crippen molar-refractivity contribution in [1.82, 2.24) is 4.90 Å². The van der Waals surface area contributed by atoms with E-state index < -0.39 is 0 Å². The Hall–Kier alpha value is -1.49. The van der Waals surface area contributed by atoms with Gasteiger partial charge in [0.15, 0.2) is 0 Å². The number of esters is 1. The molecule has 0 spiro atoms. The third kappa shape index (κ3) is 3.92. The van der Waals surface area contributed by atoms with Gasteiger partial charge in [-0.3, -0.25) is 9.69 Å². The molecule has 4 atom stereocenters. The fourth-order valence-corrected chi connectivity index (χ4v) is 6.28. The van der Waals surface area contributed by atoms with Gasteiger partial charge in [0.1, 0.15) is 6.10 Å². The Labute approximate surface area is 194 Å². The van der Waals surface area contributed by atoms with Crippen LogP contribution in [0, 0.1) is 17.3 Å². The van der Waals surface area contributed by atoms with Crippen molar-refractivity contribution in [2.45, 2.75) is 39.2 Å². The number of rotatable bonds is 3. The second kappa shape index (κ2) is 8.13. The van der Waals surface area contributed by atoms with Crippen LogP contribution < -0.4 is 4.90 Å². The molecule has 5 rings (SSSR count). The highest BCUT2D eigenvalue weighted by Crippen LogP contribution is 2.52. The molecule has 166 valence electrons. The first kappa shape index (κ1) is 21.4. The van der Waals surface area contributed by atoms with E-state index in [1.165, 1.54) is 11.1 Å². The maximum absolute atomic E-state index is 12.8. The fraction of sp³-hybridized carbons (Fsp3) is 0.560. The van der Waals surface area contributed by atoms with Crippen LogP contribution in [0.1, 0.15) is 33.1 Å². The van der Waals surface area contributed by atoms with Crippen molar-refractivity contribution in [3.63, 3.8) is 0 Å². The summed E-state index contributed by atoms with van der Waals surface area (Å²) in [6, 6.07) is 5.81. The molecular weight excluding hydrogens is 431 g/mol. The van der Waals surface area contributed by atoms with E-state index in [0.29, 0.717) is 10.0 Å². The molecule has 0 N–H and O–H groups in total. The number of nitrogens with zero attached hydrogens (tertiary/aromatic N) is 2. The molecule has 1 aromatic carbocycles. The zero-order valence-electron chi connectivity index (χ0n) is 18.2. The van der Waals surface area contributed by atoms with Crippen molar-refractivity contribution in [3.05, 3.63) is 51.5 Å². The standard InChI is InChI=1S/C25H30Cl2N2O2/c1-16-4-3-7-25(2)14-23-18(13-20(16)25)19(24(30)31-23)15-28-8-10-29(11-9-28)17-5-6-21(26)22(27)12-17/h4-6,12-13,18-19,23H,3,7-11,14-15H2,1-2H3/t18-,19-,23+,25-/m0/s1. The Kier molecular flexibility index (Phi) is 5.60. The molecule has 2 heterocycles. The van der Waals surface area contributed by atoms with Crippen LogP contribution in [0.4, 0.5) is 5.69 Å². The minimum absolute atomic E-state index is 0.0114. The summed E-state index contributed by atoms with van der Waals surface area (Å²) in [6.07, 6.45) is 8.01. The first-order chi connectivity index (χ1) is 14.8. The molecule has 0 bridgehead atoms. The highest BCUT2D eigenvalue weighted by atomic mass is 35.5. The molecule has 6 heteroatoms. The number of carbonyl (C=O) groups is 1. The van der Waals surface area contributed by atoms with Gasteiger partial charge in [-0.15, -0.1) is 0 Å². The molecule has 4 nitrogen and oxygen atoms in total. The van der Waals surface area contributed by atoms with E-state index in [9.17, 15) is 4.79 Å². The highest BCUT2D eigenvalue weighted by molar-refractivity contribution is 6.42. The van der Waals surface area contributed by atoms with Gasteiger partial charge in [-0.2, -0.15) is 0 Å². The van der Waals surface area contributed by atoms with E-state index >= 15 is 0 Å². The Balaban J connectivity index is 1.26. The van der Waals surface area contributed by atoms with Crippen LogP contribution in [0.15, 0.2) is 41.5 Å². The van der Waals surface area contributed by atoms with Gasteiger partial charge in [-0.25, -0.2) is 0 Å². The van der Waals surface area contributed by atoms with Gasteiger partial charge in [-0.1, -0.05) is 47.9 Å². The van der Waals surface area contributed by atoms with Gasteiger partial charge < -0.3 is 9.64 Å². The summed E-state index contributed by atoms with van der Waals surface area (Å²) in [4.78, 5) is 17.6. The molecule has 0 saturated carbocycles. The van der Waals surface area contributed by atoms with Crippen molar-refractivity contribution in [2.24, 2.45) is 17.3 Å². The molecular formula is C25H30Cl2N2O2. The summed E-state index contributed by atoms with van der Waals surface area (Å²) in [5.74, 6) is 0.126. The lowest BCUT2D eigenvalue weighted by Gasteiger charge is -2.43. The molecule has 2 aliphatic heterocycles. The first-order valence-electron chi connectivity index (χ1n) is 11.4. The SMILES string of the molecule is CC1=CCC[C@@]2(C)C[C@H]3OC(=O)[C@@H](CN4CCN(c5ccc(Cl)c(Cl)c5)CC4)[C@@H]3C=C12. The number of benzene rings is 1. The van der Waals surface area contributed by atoms with Gasteiger partial charge in [0, 0.05) is 44.3 Å². The average molecular weight is 461 g/mol. The van der Waals surface area contributed by atoms with E-state index in [1.807, 2.05) is 18.2 Å². The Morgan fingerprint density at radius 2 is 1.94 bits per heavy atom. The fourth-order valence-electron chi connectivity index (χ4n) is 5.99. The van der Waals surface area contributed by atoms with E-state index in [2.05, 4.69) is 35.8 Å². The van der Waals surface area contributed by atoms with Crippen molar-refractivity contribution >= 4 is 34.9 Å². The summed E-state index contributed by atoms with van der Waals surface area (Å²) >= 11 is 12.3. The molecule has 0 unspecified atom stereocenters. The Bertz CT molecular complexity index is 951. The van der Waals surface area contributed by atoms with Crippen molar-refractivity contribution < 1.29 is 9.53 Å². The van der Waals surface area contributed by atoms with Crippen molar-refractivity contribution in [2.75, 3.05) is 37.6 Å². The number of hydrogen-bond acceptors (Lipinski definition) is 4. The minimum Gasteiger partial charge on any atom is -0.461 e. The predicted octanol–water partition coefficient (Wildman–Crippen LogP) is 5.35. The maximum Gasteiger partial charge on any atom is 0.311 e. The second-order valence-electron chi connectivity index (χ2n) is 9.82. The topological polar surface area (TPSA) is 32.8 Å². The molecule has 2 saturated heterocycles. The van der Waals surface area contributed by atoms with Crippen molar-refractivity contribution in [1.29, 1.82) is 0 Å². The van der Waals surface area contributed by atoms with Gasteiger partial charge >= 0.3 is 5.97 Å². The maximum atomic E-state index is 12.8. The summed E-state index contributed by atoms with van der Waals surface area (Å²) in [6.45, 7) is 9.01. The van der Waals surface area contributed by atoms with Crippen LogP contribution in [0.25, 0.3) is 0 Å². The Morgan fingerprint density at radius 1 is 1.16 bits per heavy atom. The second-order valence-corrected chi connectivity index (χ2v) is 10.6. The van der Waals surface area contributed by atoms with Crippen LogP contribution >= 0.6 is 23.2 Å². The number of halogens is 2. The van der Waals surface area contributed by atoms with Gasteiger partial charge in [0.2, 0.25) is 0 Å². The molecule has 2 aliphatic carbocycles. The van der Waals surface area contributed by atoms with Crippen LogP contribution in [-0.4, -0.2) is 49.7 Å². The van der Waals surface area contributed by atoms with Gasteiger partial charge in [0.05, 0.1) is 16.0 Å². The lowest BCUT2D eigenvalue weighted by atomic mass is 9.62. The number of anilines is 1. The van der Waals surface area contributed by atoms with Crippen LogP contribution in [-0.2, 0) is 9.53 Å². The average Bonchev–Trinajstić information content (AvgIpc) is 3.03. The number of piperazine rings is 1. The highest BCUT2D eigenvalue weighted by Gasteiger charge is 2.51. The Morgan fingerprint density at radius 3 is 2.68 bits per heavy atom. The van der Waals surface area contributed by atoms with E-state index in [4.69, 9.17) is 27.9 Å². The van der Waals surface area contributed by atoms with Crippen molar-refractivity contribution in [3.8, 4) is 0 Å². The quantitative estimate of drug-likeness (QED) is 0.569. The molecule has 1 aromatic rings. The molecule has 0 amide bonds. The molecule has 31 heavy (non-hydrogen) atoms. The number of carbonyl (C=O) groups excluding carboxylic acids is 1. The minimum atomic E-state index is -0.0618. The first-order valence-corrected chi connectivity index (χ1v) is 12.1. The van der Waals surface area contributed by atoms with E-state index in [-0.39, 0.29) is 29.3 Å². The molecule has 0 radical (unpaired) electrons. The number of hydrogen-bond donors (Lipinski definition) is 0. The smallest absolute Gasteiger partial charge is 0.311 e. The number of fused-ring (bicyclic) bond motifs is 2. The third-order valence-electron chi connectivity index (χ3n) is 7.79. The number of allylic oxidation sites excluding steroid dienone is 3. The zero-order chi connectivity index (χ0) is 21.8. The zero-order valence-corrected chi connectivity index (χ0v) is 19.8. The van der Waals surface area contributed by atoms with Crippen LogP contribution in [0.2, 0.25) is 10.0 Å². The summed E-state index contributed by atoms with van der Waals surface area (Å²) in [5, 5.41) is 1.17. The third-order valence-corrected chi connectivity index (χ3v) is 8.53.